The van der Waals surface area contributed by atoms with Gasteiger partial charge in [0, 0.05) is 16.8 Å². The number of H-pyrrole nitrogens is 1. The lowest BCUT2D eigenvalue weighted by Gasteiger charge is -2.16. The number of nitrogens with one attached hydrogen (secondary N) is 2. The maximum absolute atomic E-state index is 13.2. The molecule has 0 saturated heterocycles. The minimum absolute atomic E-state index is 0.00193. The van der Waals surface area contributed by atoms with Gasteiger partial charge in [-0.2, -0.15) is 0 Å². The van der Waals surface area contributed by atoms with Gasteiger partial charge in [-0.3, -0.25) is 14.9 Å². The van der Waals surface area contributed by atoms with Crippen LogP contribution in [0.3, 0.4) is 0 Å². The van der Waals surface area contributed by atoms with Crippen molar-refractivity contribution in [2.45, 2.75) is 10.4 Å². The second-order valence-corrected chi connectivity index (χ2v) is 8.46. The van der Waals surface area contributed by atoms with Crippen molar-refractivity contribution in [1.82, 2.24) is 9.97 Å². The Morgan fingerprint density at radius 2 is 1.87 bits per heavy atom. The van der Waals surface area contributed by atoms with Crippen molar-refractivity contribution in [3.63, 3.8) is 0 Å². The van der Waals surface area contributed by atoms with Crippen molar-refractivity contribution in [1.29, 1.82) is 0 Å². The first-order valence-electron chi connectivity index (χ1n) is 9.02. The van der Waals surface area contributed by atoms with Gasteiger partial charge in [0.15, 0.2) is 5.16 Å². The lowest BCUT2D eigenvalue weighted by molar-refractivity contribution is -0.384. The standard InChI is InChI=1S/C21H14Cl2N4O3S/c22-13-6-9-16-17(10-13)26-21(25-16)31-19(12-4-2-1-3-5-12)20(28)24-14-7-8-15(23)18(11-14)27(29)30/h1-11,19H,(H,24,28)(H,25,26). The fraction of sp³-hybridized carbons (Fsp3) is 0.0476. The third-order valence-electron chi connectivity index (χ3n) is 4.40. The van der Waals surface area contributed by atoms with Crippen LogP contribution in [0.4, 0.5) is 11.4 Å². The van der Waals surface area contributed by atoms with Crippen LogP contribution in [0.1, 0.15) is 10.8 Å². The van der Waals surface area contributed by atoms with Gasteiger partial charge in [0.05, 0.1) is 16.0 Å². The molecule has 4 rings (SSSR count). The largest absolute Gasteiger partial charge is 0.333 e. The highest BCUT2D eigenvalue weighted by Crippen LogP contribution is 2.36. The van der Waals surface area contributed by atoms with E-state index in [4.69, 9.17) is 23.2 Å². The van der Waals surface area contributed by atoms with Crippen LogP contribution < -0.4 is 5.32 Å². The monoisotopic (exact) mass is 472 g/mol. The van der Waals surface area contributed by atoms with E-state index in [1.165, 1.54) is 30.0 Å². The van der Waals surface area contributed by atoms with Crippen molar-refractivity contribution in [2.24, 2.45) is 0 Å². The highest BCUT2D eigenvalue weighted by Gasteiger charge is 2.25. The number of rotatable bonds is 6. The molecule has 0 saturated carbocycles. The molecule has 1 aromatic heterocycles. The van der Waals surface area contributed by atoms with Gasteiger partial charge >= 0.3 is 0 Å². The highest BCUT2D eigenvalue weighted by molar-refractivity contribution is 8.00. The molecule has 7 nitrogen and oxygen atoms in total. The van der Waals surface area contributed by atoms with Crippen LogP contribution in [0.15, 0.2) is 71.9 Å². The van der Waals surface area contributed by atoms with E-state index in [9.17, 15) is 14.9 Å². The predicted octanol–water partition coefficient (Wildman–Crippen LogP) is 6.25. The van der Waals surface area contributed by atoms with Crippen LogP contribution in [0.5, 0.6) is 0 Å². The first kappa shape index (κ1) is 21.2. The first-order valence-corrected chi connectivity index (χ1v) is 10.7. The Morgan fingerprint density at radius 1 is 1.10 bits per heavy atom. The zero-order valence-electron chi connectivity index (χ0n) is 15.7. The third-order valence-corrected chi connectivity index (χ3v) is 6.10. The number of benzene rings is 3. The van der Waals surface area contributed by atoms with E-state index in [0.717, 1.165) is 16.6 Å². The summed E-state index contributed by atoms with van der Waals surface area (Å²) >= 11 is 13.1. The molecule has 1 unspecified atom stereocenters. The van der Waals surface area contributed by atoms with E-state index in [2.05, 4.69) is 15.3 Å². The molecular weight excluding hydrogens is 459 g/mol. The molecule has 31 heavy (non-hydrogen) atoms. The molecule has 3 aromatic carbocycles. The Morgan fingerprint density at radius 3 is 2.61 bits per heavy atom. The van der Waals surface area contributed by atoms with Crippen LogP contribution in [-0.2, 0) is 4.79 Å². The number of imidazole rings is 1. The SMILES string of the molecule is O=C(Nc1ccc(Cl)c([N+](=O)[O-])c1)C(Sc1nc2ccc(Cl)cc2[nH]1)c1ccccc1. The minimum atomic E-state index is -0.660. The van der Waals surface area contributed by atoms with Crippen molar-refractivity contribution in [3.05, 3.63) is 92.5 Å². The molecule has 156 valence electrons. The molecule has 1 amide bonds. The lowest BCUT2D eigenvalue weighted by Crippen LogP contribution is -2.19. The molecule has 10 heteroatoms. The number of carbonyl (C=O) groups is 1. The van der Waals surface area contributed by atoms with E-state index >= 15 is 0 Å². The third kappa shape index (κ3) is 4.82. The highest BCUT2D eigenvalue weighted by atomic mass is 35.5. The lowest BCUT2D eigenvalue weighted by atomic mass is 10.1. The number of thioether (sulfide) groups is 1. The van der Waals surface area contributed by atoms with Crippen LogP contribution >= 0.6 is 35.0 Å². The van der Waals surface area contributed by atoms with Gasteiger partial charge in [-0.1, -0.05) is 65.3 Å². The van der Waals surface area contributed by atoms with Crippen molar-refractivity contribution < 1.29 is 9.72 Å². The number of amides is 1. The normalized spacial score (nSPS) is 11.9. The van der Waals surface area contributed by atoms with Crippen LogP contribution in [0.2, 0.25) is 10.0 Å². The van der Waals surface area contributed by atoms with Crippen molar-refractivity contribution in [2.75, 3.05) is 5.32 Å². The second-order valence-electron chi connectivity index (χ2n) is 6.52. The van der Waals surface area contributed by atoms with Gasteiger partial charge in [0.25, 0.3) is 5.69 Å². The summed E-state index contributed by atoms with van der Waals surface area (Å²) in [5, 5.41) is 14.3. The quantitative estimate of drug-likeness (QED) is 0.196. The zero-order valence-corrected chi connectivity index (χ0v) is 18.0. The first-order chi connectivity index (χ1) is 14.9. The number of aromatic nitrogens is 2. The van der Waals surface area contributed by atoms with Gasteiger partial charge in [0.1, 0.15) is 10.3 Å². The Kier molecular flexibility index (Phi) is 6.13. The number of nitro groups is 1. The number of anilines is 1. The number of halogens is 2. The summed E-state index contributed by atoms with van der Waals surface area (Å²) in [5.41, 5.74) is 2.24. The molecular formula is C21H14Cl2N4O3S. The summed E-state index contributed by atoms with van der Waals surface area (Å²) in [7, 11) is 0. The maximum atomic E-state index is 13.2. The van der Waals surface area contributed by atoms with Crippen molar-refractivity contribution in [3.8, 4) is 0 Å². The average Bonchev–Trinajstić information content (AvgIpc) is 3.15. The topological polar surface area (TPSA) is 101 Å². The summed E-state index contributed by atoms with van der Waals surface area (Å²) in [6.45, 7) is 0. The zero-order chi connectivity index (χ0) is 22.0. The number of aromatic amines is 1. The number of nitrogens with zero attached hydrogens (tertiary/aromatic N) is 2. The second kappa shape index (κ2) is 8.97. The molecule has 1 atom stereocenters. The number of carbonyl (C=O) groups excluding carboxylic acids is 1. The van der Waals surface area contributed by atoms with E-state index in [0.29, 0.717) is 10.2 Å². The number of hydrogen-bond acceptors (Lipinski definition) is 5. The Hall–Kier alpha value is -3.07. The van der Waals surface area contributed by atoms with E-state index in [1.807, 2.05) is 30.3 Å². The fourth-order valence-electron chi connectivity index (χ4n) is 2.96. The molecule has 0 spiro atoms. The van der Waals surface area contributed by atoms with Crippen LogP contribution in [-0.4, -0.2) is 20.8 Å². The molecule has 0 aliphatic rings. The molecule has 4 aromatic rings. The maximum Gasteiger partial charge on any atom is 0.289 e. The molecule has 0 aliphatic heterocycles. The Bertz CT molecular complexity index is 1280. The summed E-state index contributed by atoms with van der Waals surface area (Å²) in [4.78, 5) is 31.4. The summed E-state index contributed by atoms with van der Waals surface area (Å²) in [6.07, 6.45) is 0. The molecule has 1 heterocycles. The van der Waals surface area contributed by atoms with E-state index in [1.54, 1.807) is 18.2 Å². The van der Waals surface area contributed by atoms with E-state index in [-0.39, 0.29) is 22.3 Å². The van der Waals surface area contributed by atoms with E-state index < -0.39 is 10.2 Å². The smallest absolute Gasteiger partial charge is 0.289 e. The fourth-order valence-corrected chi connectivity index (χ4v) is 4.33. The number of nitro benzene ring substituents is 1. The van der Waals surface area contributed by atoms with Crippen LogP contribution in [0.25, 0.3) is 11.0 Å². The summed E-state index contributed by atoms with van der Waals surface area (Å²) < 4.78 is 0. The Balaban J connectivity index is 1.64. The number of fused-ring (bicyclic) bond motifs is 1. The summed E-state index contributed by atoms with van der Waals surface area (Å²) in [6, 6.07) is 18.6. The molecule has 0 aliphatic carbocycles. The van der Waals surface area contributed by atoms with Gasteiger partial charge in [-0.15, -0.1) is 0 Å². The molecule has 0 bridgehead atoms. The molecule has 0 radical (unpaired) electrons. The molecule has 0 fully saturated rings. The predicted molar refractivity (Wildman–Crippen MR) is 123 cm³/mol. The van der Waals surface area contributed by atoms with Gasteiger partial charge < -0.3 is 10.3 Å². The number of hydrogen-bond donors (Lipinski definition) is 2. The van der Waals surface area contributed by atoms with Gasteiger partial charge in [0.2, 0.25) is 5.91 Å². The van der Waals surface area contributed by atoms with Crippen molar-refractivity contribution >= 4 is 63.3 Å². The Labute approximate surface area is 190 Å². The molecule has 2 N–H and O–H groups in total. The van der Waals surface area contributed by atoms with Gasteiger partial charge in [-0.25, -0.2) is 4.98 Å². The van der Waals surface area contributed by atoms with Gasteiger partial charge in [-0.05, 0) is 35.9 Å². The van der Waals surface area contributed by atoms with Crippen LogP contribution in [0, 0.1) is 10.1 Å². The minimum Gasteiger partial charge on any atom is -0.333 e. The summed E-state index contributed by atoms with van der Waals surface area (Å²) in [5.74, 6) is -0.355. The average molecular weight is 473 g/mol.